The first kappa shape index (κ1) is 34.6. The topological polar surface area (TPSA) is 87.9 Å². The number of oxazole rings is 1. The Morgan fingerprint density at radius 2 is 1.72 bits per heavy atom. The maximum Gasteiger partial charge on any atom is 0.416 e. The van der Waals surface area contributed by atoms with Gasteiger partial charge >= 0.3 is 6.18 Å². The molecule has 1 heterocycles. The molecule has 3 aromatic rings. The van der Waals surface area contributed by atoms with Crippen molar-refractivity contribution in [2.75, 3.05) is 12.9 Å². The lowest BCUT2D eigenvalue weighted by atomic mass is 10.00. The average molecular weight is 640 g/mol. The SMILES string of the molecule is Cc1cc(OCc2coc(/C=C/c3ccc(C(F)(F)F)cc3)n2)ccc1C(CCCOS(C)(=O)=O)O[Si](C)(C)C(C)(C)C. The summed E-state index contributed by atoms with van der Waals surface area (Å²) in [5, 5.41) is -0.00512. The molecule has 0 aliphatic heterocycles. The summed E-state index contributed by atoms with van der Waals surface area (Å²) in [6.07, 6.45) is 2.22. The molecule has 2 aromatic carbocycles. The molecule has 0 saturated carbocycles. The fraction of sp³-hybridized carbons (Fsp3) is 0.452. The van der Waals surface area contributed by atoms with Crippen molar-refractivity contribution in [3.63, 3.8) is 0 Å². The molecular formula is C31H40F3NO6SSi. The van der Waals surface area contributed by atoms with Crippen molar-refractivity contribution >= 4 is 30.6 Å². The summed E-state index contributed by atoms with van der Waals surface area (Å²) in [6.45, 7) is 13.1. The summed E-state index contributed by atoms with van der Waals surface area (Å²) >= 11 is 0. The maximum absolute atomic E-state index is 12.8. The smallest absolute Gasteiger partial charge is 0.416 e. The lowest BCUT2D eigenvalue weighted by molar-refractivity contribution is -0.137. The zero-order valence-electron chi connectivity index (χ0n) is 25.6. The van der Waals surface area contributed by atoms with E-state index in [9.17, 15) is 21.6 Å². The van der Waals surface area contributed by atoms with Gasteiger partial charge in [0.25, 0.3) is 10.1 Å². The van der Waals surface area contributed by atoms with Gasteiger partial charge in [-0.1, -0.05) is 39.0 Å². The molecule has 1 unspecified atom stereocenters. The van der Waals surface area contributed by atoms with Crippen molar-refractivity contribution in [1.82, 2.24) is 4.98 Å². The fourth-order valence-corrected chi connectivity index (χ4v) is 5.69. The highest BCUT2D eigenvalue weighted by molar-refractivity contribution is 7.85. The van der Waals surface area contributed by atoms with Crippen molar-refractivity contribution < 1.29 is 39.4 Å². The lowest BCUT2D eigenvalue weighted by Gasteiger charge is -2.40. The second kappa shape index (κ2) is 13.8. The molecule has 3 rings (SSSR count). The number of aryl methyl sites for hydroxylation is 1. The van der Waals surface area contributed by atoms with Crippen molar-refractivity contribution in [3.05, 3.63) is 82.6 Å². The normalized spacial score (nSPS) is 13.9. The van der Waals surface area contributed by atoms with Crippen LogP contribution < -0.4 is 4.74 Å². The third kappa shape index (κ3) is 10.6. The first-order chi connectivity index (χ1) is 19.8. The number of alkyl halides is 3. The Hall–Kier alpha value is -2.93. The number of hydrogen-bond donors (Lipinski definition) is 0. The van der Waals surface area contributed by atoms with Crippen LogP contribution in [0.15, 0.2) is 53.1 Å². The van der Waals surface area contributed by atoms with Gasteiger partial charge in [-0.3, -0.25) is 4.18 Å². The first-order valence-corrected chi connectivity index (χ1v) is 18.6. The van der Waals surface area contributed by atoms with E-state index in [2.05, 4.69) is 38.8 Å². The van der Waals surface area contributed by atoms with E-state index in [1.54, 1.807) is 12.2 Å². The van der Waals surface area contributed by atoms with Gasteiger partial charge in [0.15, 0.2) is 8.32 Å². The van der Waals surface area contributed by atoms with Gasteiger partial charge < -0.3 is 13.6 Å². The van der Waals surface area contributed by atoms with Gasteiger partial charge in [0.1, 0.15) is 24.3 Å². The summed E-state index contributed by atoms with van der Waals surface area (Å²) in [4.78, 5) is 4.36. The summed E-state index contributed by atoms with van der Waals surface area (Å²) in [5.74, 6) is 0.938. The molecule has 7 nitrogen and oxygen atoms in total. The van der Waals surface area contributed by atoms with Crippen molar-refractivity contribution in [2.45, 2.75) is 77.6 Å². The van der Waals surface area contributed by atoms with E-state index in [0.29, 0.717) is 35.7 Å². The van der Waals surface area contributed by atoms with E-state index in [4.69, 9.17) is 17.8 Å². The Bertz CT molecular complexity index is 1490. The van der Waals surface area contributed by atoms with Crippen LogP contribution in [-0.2, 0) is 31.5 Å². The molecule has 1 atom stereocenters. The van der Waals surface area contributed by atoms with E-state index in [1.807, 2.05) is 25.1 Å². The van der Waals surface area contributed by atoms with Crippen LogP contribution in [0.25, 0.3) is 12.2 Å². The van der Waals surface area contributed by atoms with Crippen LogP contribution in [0.2, 0.25) is 18.1 Å². The minimum Gasteiger partial charge on any atom is -0.487 e. The second-order valence-corrected chi connectivity index (χ2v) is 18.4. The van der Waals surface area contributed by atoms with Crippen molar-refractivity contribution in [3.8, 4) is 5.75 Å². The number of hydrogen-bond acceptors (Lipinski definition) is 7. The first-order valence-electron chi connectivity index (χ1n) is 13.9. The molecule has 0 amide bonds. The molecule has 0 saturated heterocycles. The lowest BCUT2D eigenvalue weighted by Crippen LogP contribution is -2.42. The molecular weight excluding hydrogens is 599 g/mol. The number of rotatable bonds is 13. The molecule has 0 fully saturated rings. The van der Waals surface area contributed by atoms with Gasteiger partial charge in [-0.2, -0.15) is 21.6 Å². The highest BCUT2D eigenvalue weighted by Gasteiger charge is 2.39. The van der Waals surface area contributed by atoms with Gasteiger partial charge in [0.2, 0.25) is 5.89 Å². The van der Waals surface area contributed by atoms with Crippen molar-refractivity contribution in [1.29, 1.82) is 0 Å². The molecule has 0 radical (unpaired) electrons. The van der Waals surface area contributed by atoms with Gasteiger partial charge in [-0.15, -0.1) is 0 Å². The highest BCUT2D eigenvalue weighted by atomic mass is 32.2. The minimum absolute atomic E-state index is 0.00512. The average Bonchev–Trinajstić information content (AvgIpc) is 3.34. The van der Waals surface area contributed by atoms with Crippen molar-refractivity contribution in [2.24, 2.45) is 0 Å². The molecule has 0 aliphatic carbocycles. The molecule has 0 aliphatic rings. The summed E-state index contributed by atoms with van der Waals surface area (Å²) in [5.41, 5.74) is 2.41. The number of aromatic nitrogens is 1. The third-order valence-electron chi connectivity index (χ3n) is 7.35. The van der Waals surface area contributed by atoms with Gasteiger partial charge in [0, 0.05) is 6.08 Å². The van der Waals surface area contributed by atoms with E-state index < -0.39 is 30.2 Å². The van der Waals surface area contributed by atoms with Crippen LogP contribution in [0, 0.1) is 6.92 Å². The molecule has 0 spiro atoms. The van der Waals surface area contributed by atoms with E-state index in [-0.39, 0.29) is 24.4 Å². The Labute approximate surface area is 253 Å². The van der Waals surface area contributed by atoms with Crippen LogP contribution >= 0.6 is 0 Å². The summed E-state index contributed by atoms with van der Waals surface area (Å²) in [7, 11) is -5.65. The maximum atomic E-state index is 12.8. The molecule has 236 valence electrons. The number of benzene rings is 2. The second-order valence-electron chi connectivity index (χ2n) is 12.0. The third-order valence-corrected chi connectivity index (χ3v) is 12.4. The fourth-order valence-electron chi connectivity index (χ4n) is 3.96. The quantitative estimate of drug-likeness (QED) is 0.105. The van der Waals surface area contributed by atoms with E-state index >= 15 is 0 Å². The van der Waals surface area contributed by atoms with Crippen LogP contribution in [0.1, 0.15) is 73.6 Å². The number of nitrogens with zero attached hydrogens (tertiary/aromatic N) is 1. The molecule has 0 N–H and O–H groups in total. The zero-order valence-corrected chi connectivity index (χ0v) is 27.4. The Balaban J connectivity index is 1.65. The Morgan fingerprint density at radius 1 is 1.05 bits per heavy atom. The Kier molecular flexibility index (Phi) is 11.1. The van der Waals surface area contributed by atoms with Gasteiger partial charge in [-0.25, -0.2) is 4.98 Å². The summed E-state index contributed by atoms with van der Waals surface area (Å²) < 4.78 is 84.1. The number of halogens is 3. The highest BCUT2D eigenvalue weighted by Crippen LogP contribution is 2.41. The predicted octanol–water partition coefficient (Wildman–Crippen LogP) is 8.57. The zero-order chi connectivity index (χ0) is 32.1. The van der Waals surface area contributed by atoms with E-state index in [0.717, 1.165) is 29.5 Å². The standard InChI is InChI=1S/C31H40F3NO6SSi/c1-22-19-26(15-16-27(22)28(9-8-18-40-42(5,36)37)41-43(6,7)30(2,3)4)38-20-25-21-39-29(35-25)17-12-23-10-13-24(14-11-23)31(32,33)34/h10-17,19,21,28H,8-9,18,20H2,1-7H3/b17-12+. The largest absolute Gasteiger partial charge is 0.487 e. The van der Waals surface area contributed by atoms with Gasteiger partial charge in [-0.05, 0) is 84.9 Å². The molecule has 43 heavy (non-hydrogen) atoms. The minimum atomic E-state index is -4.38. The molecule has 0 bridgehead atoms. The van der Waals surface area contributed by atoms with E-state index in [1.165, 1.54) is 18.4 Å². The van der Waals surface area contributed by atoms with Gasteiger partial charge in [0.05, 0.1) is 24.5 Å². The number of ether oxygens (including phenoxy) is 1. The molecule has 1 aromatic heterocycles. The Morgan fingerprint density at radius 3 is 2.30 bits per heavy atom. The molecule has 12 heteroatoms. The monoisotopic (exact) mass is 639 g/mol. The predicted molar refractivity (Wildman–Crippen MR) is 163 cm³/mol. The van der Waals surface area contributed by atoms with Crippen LogP contribution in [0.4, 0.5) is 13.2 Å². The van der Waals surface area contributed by atoms with Crippen LogP contribution in [-0.4, -0.2) is 34.6 Å². The van der Waals surface area contributed by atoms with Crippen LogP contribution in [0.5, 0.6) is 5.75 Å². The van der Waals surface area contributed by atoms with Crippen LogP contribution in [0.3, 0.4) is 0 Å². The summed E-state index contributed by atoms with van der Waals surface area (Å²) in [6, 6.07) is 10.6.